The van der Waals surface area contributed by atoms with Crippen molar-refractivity contribution in [3.05, 3.63) is 12.7 Å². The molecule has 2 heteroatoms. The minimum Gasteiger partial charge on any atom is -0.377 e. The molecule has 15 heavy (non-hydrogen) atoms. The highest BCUT2D eigenvalue weighted by Crippen LogP contribution is 2.33. The fourth-order valence-corrected chi connectivity index (χ4v) is 2.61. The minimum atomic E-state index is -0.0560. The van der Waals surface area contributed by atoms with Gasteiger partial charge in [0.2, 0.25) is 0 Å². The smallest absolute Gasteiger partial charge is 0.0828 e. The molecule has 0 aliphatic heterocycles. The molecule has 1 rings (SSSR count). The predicted octanol–water partition coefficient (Wildman–Crippen LogP) is 3.02. The third-order valence-electron chi connectivity index (χ3n) is 3.71. The average Bonchev–Trinajstić information content (AvgIpc) is 2.52. The van der Waals surface area contributed by atoms with E-state index in [9.17, 15) is 0 Å². The molecular formula is C13H25NO. The molecule has 1 atom stereocenters. The molecule has 0 aromatic rings. The largest absolute Gasteiger partial charge is 0.377 e. The lowest BCUT2D eigenvalue weighted by Gasteiger charge is -2.37. The summed E-state index contributed by atoms with van der Waals surface area (Å²) in [6.07, 6.45) is 11.4. The van der Waals surface area contributed by atoms with E-state index in [-0.39, 0.29) is 11.6 Å². The number of rotatable bonds is 5. The summed E-state index contributed by atoms with van der Waals surface area (Å²) >= 11 is 0. The van der Waals surface area contributed by atoms with Crippen LogP contribution in [-0.2, 0) is 4.74 Å². The monoisotopic (exact) mass is 211 g/mol. The Morgan fingerprint density at radius 3 is 2.40 bits per heavy atom. The summed E-state index contributed by atoms with van der Waals surface area (Å²) in [5, 5.41) is 0. The second-order valence-corrected chi connectivity index (χ2v) is 4.66. The molecule has 0 radical (unpaired) electrons. The molecule has 2 N–H and O–H groups in total. The third-order valence-corrected chi connectivity index (χ3v) is 3.71. The van der Waals surface area contributed by atoms with Crippen LogP contribution >= 0.6 is 0 Å². The van der Waals surface area contributed by atoms with Gasteiger partial charge < -0.3 is 10.5 Å². The second kappa shape index (κ2) is 6.29. The highest BCUT2D eigenvalue weighted by Gasteiger charge is 2.36. The van der Waals surface area contributed by atoms with Crippen LogP contribution in [0.15, 0.2) is 12.7 Å². The Labute approximate surface area is 93.9 Å². The molecule has 0 bridgehead atoms. The topological polar surface area (TPSA) is 35.2 Å². The van der Waals surface area contributed by atoms with E-state index in [0.29, 0.717) is 0 Å². The van der Waals surface area contributed by atoms with Crippen molar-refractivity contribution in [3.8, 4) is 0 Å². The van der Waals surface area contributed by atoms with Crippen LogP contribution in [-0.4, -0.2) is 18.8 Å². The standard InChI is InChI=1S/C13H25NO/c1-3-4-9-12(14)13(15-2)10-7-5-6-8-11-13/h3,12H,1,4-11,14H2,2H3. The van der Waals surface area contributed by atoms with E-state index in [1.165, 1.54) is 25.7 Å². The van der Waals surface area contributed by atoms with E-state index >= 15 is 0 Å². The van der Waals surface area contributed by atoms with Crippen molar-refractivity contribution in [1.82, 2.24) is 0 Å². The van der Waals surface area contributed by atoms with Crippen molar-refractivity contribution in [1.29, 1.82) is 0 Å². The molecule has 0 aromatic carbocycles. The Bertz CT molecular complexity index is 183. The van der Waals surface area contributed by atoms with E-state index in [1.54, 1.807) is 0 Å². The second-order valence-electron chi connectivity index (χ2n) is 4.66. The SMILES string of the molecule is C=CCCC(N)C1(OC)CCCCCC1. The number of nitrogens with two attached hydrogens (primary N) is 1. The summed E-state index contributed by atoms with van der Waals surface area (Å²) in [6.45, 7) is 3.75. The third kappa shape index (κ3) is 3.32. The van der Waals surface area contributed by atoms with Crippen LogP contribution < -0.4 is 5.73 Å². The summed E-state index contributed by atoms with van der Waals surface area (Å²) in [6, 6.07) is 0.165. The van der Waals surface area contributed by atoms with Crippen LogP contribution in [0.2, 0.25) is 0 Å². The zero-order valence-electron chi connectivity index (χ0n) is 10.0. The number of hydrogen-bond donors (Lipinski definition) is 1. The first-order chi connectivity index (χ1) is 7.25. The molecule has 1 aliphatic rings. The van der Waals surface area contributed by atoms with Crippen molar-refractivity contribution in [2.24, 2.45) is 5.73 Å². The average molecular weight is 211 g/mol. The van der Waals surface area contributed by atoms with Crippen LogP contribution in [0.4, 0.5) is 0 Å². The maximum Gasteiger partial charge on any atom is 0.0828 e. The van der Waals surface area contributed by atoms with Crippen LogP contribution in [0, 0.1) is 0 Å². The van der Waals surface area contributed by atoms with Crippen molar-refractivity contribution in [2.75, 3.05) is 7.11 Å². The predicted molar refractivity (Wildman–Crippen MR) is 64.8 cm³/mol. The molecule has 0 amide bonds. The van der Waals surface area contributed by atoms with Crippen LogP contribution in [0.1, 0.15) is 51.4 Å². The summed E-state index contributed by atoms with van der Waals surface area (Å²) in [7, 11) is 1.82. The molecule has 1 saturated carbocycles. The van der Waals surface area contributed by atoms with E-state index in [0.717, 1.165) is 25.7 Å². The Balaban J connectivity index is 2.58. The van der Waals surface area contributed by atoms with Gasteiger partial charge in [0.1, 0.15) is 0 Å². The van der Waals surface area contributed by atoms with E-state index in [4.69, 9.17) is 10.5 Å². The Morgan fingerprint density at radius 2 is 1.93 bits per heavy atom. The molecule has 1 aliphatic carbocycles. The number of hydrogen-bond acceptors (Lipinski definition) is 2. The molecule has 1 fully saturated rings. The lowest BCUT2D eigenvalue weighted by Crippen LogP contribution is -2.49. The fourth-order valence-electron chi connectivity index (χ4n) is 2.61. The van der Waals surface area contributed by atoms with E-state index < -0.39 is 0 Å². The van der Waals surface area contributed by atoms with E-state index in [1.807, 2.05) is 13.2 Å². The van der Waals surface area contributed by atoms with Gasteiger partial charge in [0.25, 0.3) is 0 Å². The lowest BCUT2D eigenvalue weighted by molar-refractivity contribution is -0.0447. The molecule has 0 spiro atoms. The van der Waals surface area contributed by atoms with Crippen molar-refractivity contribution < 1.29 is 4.74 Å². The van der Waals surface area contributed by atoms with Gasteiger partial charge in [-0.2, -0.15) is 0 Å². The Morgan fingerprint density at radius 1 is 1.33 bits per heavy atom. The van der Waals surface area contributed by atoms with Gasteiger partial charge in [0.15, 0.2) is 0 Å². The van der Waals surface area contributed by atoms with Gasteiger partial charge in [-0.1, -0.05) is 31.8 Å². The summed E-state index contributed by atoms with van der Waals surface area (Å²) in [5.41, 5.74) is 6.22. The number of allylic oxidation sites excluding steroid dienone is 1. The summed E-state index contributed by atoms with van der Waals surface area (Å²) in [5.74, 6) is 0. The van der Waals surface area contributed by atoms with Crippen LogP contribution in [0.3, 0.4) is 0 Å². The quantitative estimate of drug-likeness (QED) is 0.560. The Kier molecular flexibility index (Phi) is 5.34. The first-order valence-electron chi connectivity index (χ1n) is 6.17. The lowest BCUT2D eigenvalue weighted by atomic mass is 9.84. The van der Waals surface area contributed by atoms with Gasteiger partial charge in [-0.3, -0.25) is 0 Å². The van der Waals surface area contributed by atoms with Crippen molar-refractivity contribution in [3.63, 3.8) is 0 Å². The summed E-state index contributed by atoms with van der Waals surface area (Å²) < 4.78 is 5.76. The highest BCUT2D eigenvalue weighted by molar-refractivity contribution is 4.93. The fraction of sp³-hybridized carbons (Fsp3) is 0.846. The maximum atomic E-state index is 6.28. The number of ether oxygens (including phenoxy) is 1. The van der Waals surface area contributed by atoms with Gasteiger partial charge >= 0.3 is 0 Å². The molecular weight excluding hydrogens is 186 g/mol. The molecule has 0 heterocycles. The van der Waals surface area contributed by atoms with E-state index in [2.05, 4.69) is 6.58 Å². The minimum absolute atomic E-state index is 0.0560. The first-order valence-corrected chi connectivity index (χ1v) is 6.17. The van der Waals surface area contributed by atoms with Gasteiger partial charge in [-0.25, -0.2) is 0 Å². The van der Waals surface area contributed by atoms with Crippen molar-refractivity contribution >= 4 is 0 Å². The van der Waals surface area contributed by atoms with Crippen molar-refractivity contribution in [2.45, 2.75) is 63.0 Å². The molecule has 1 unspecified atom stereocenters. The van der Waals surface area contributed by atoms with Gasteiger partial charge in [-0.15, -0.1) is 6.58 Å². The van der Waals surface area contributed by atoms with Gasteiger partial charge in [0.05, 0.1) is 5.60 Å². The molecule has 2 nitrogen and oxygen atoms in total. The first kappa shape index (κ1) is 12.7. The molecule has 0 saturated heterocycles. The van der Waals surface area contributed by atoms with Gasteiger partial charge in [-0.05, 0) is 25.7 Å². The number of methoxy groups -OCH3 is 1. The molecule has 88 valence electrons. The summed E-state index contributed by atoms with van der Waals surface area (Å²) in [4.78, 5) is 0. The Hall–Kier alpha value is -0.340. The maximum absolute atomic E-state index is 6.28. The van der Waals surface area contributed by atoms with Gasteiger partial charge in [0, 0.05) is 13.2 Å². The van der Waals surface area contributed by atoms with Crippen LogP contribution in [0.25, 0.3) is 0 Å². The van der Waals surface area contributed by atoms with Crippen LogP contribution in [0.5, 0.6) is 0 Å². The highest BCUT2D eigenvalue weighted by atomic mass is 16.5. The molecule has 0 aromatic heterocycles. The normalized spacial score (nSPS) is 23.1. The zero-order chi connectivity index (χ0) is 11.1. The zero-order valence-corrected chi connectivity index (χ0v) is 10.0.